The number of halogens is 2. The Balaban J connectivity index is 1.02. The summed E-state index contributed by atoms with van der Waals surface area (Å²) in [5.41, 5.74) is 5.40. The van der Waals surface area contributed by atoms with Crippen molar-refractivity contribution in [3.8, 4) is 0 Å². The SMILES string of the molecule is CC1=C(OC(=O)OCCOCCN2CCC(c3ccccc3)(c3ccccc3)CC2)C(c2cccc(Cl)c2Cl)C(c2nnn(C)n2)=C(C)N1. The minimum Gasteiger partial charge on any atom is -0.432 e. The standard InChI is InChI=1S/C37H40Cl2N6O4/c1-25-31(35-41-43-44(3)42-35)32(29-15-10-16-30(38)33(29)39)34(26(2)40-25)49-36(46)48-24-23-47-22-21-45-19-17-37(18-20-45,27-11-6-4-7-12-27)28-13-8-5-9-14-28/h4-16,32,40H,17-24H2,1-3H3. The fraction of sp³-hybridized carbons (Fsp3) is 0.351. The summed E-state index contributed by atoms with van der Waals surface area (Å²) < 4.78 is 17.1. The Labute approximate surface area is 296 Å². The van der Waals surface area contributed by atoms with E-state index in [1.807, 2.05) is 19.9 Å². The highest BCUT2D eigenvalue weighted by Gasteiger charge is 2.38. The summed E-state index contributed by atoms with van der Waals surface area (Å²) in [4.78, 5) is 16.8. The number of carbonyl (C=O) groups excluding carboxylic acids is 1. The number of tetrazole rings is 1. The molecule has 1 saturated heterocycles. The molecule has 0 aliphatic carbocycles. The summed E-state index contributed by atoms with van der Waals surface area (Å²) in [6.45, 7) is 7.26. The molecule has 1 atom stereocenters. The van der Waals surface area contributed by atoms with E-state index in [2.05, 4.69) is 86.3 Å². The van der Waals surface area contributed by atoms with Crippen molar-refractivity contribution in [2.24, 2.45) is 7.05 Å². The maximum atomic E-state index is 13.0. The van der Waals surface area contributed by atoms with Gasteiger partial charge < -0.3 is 24.4 Å². The first-order chi connectivity index (χ1) is 23.8. The maximum Gasteiger partial charge on any atom is 0.513 e. The van der Waals surface area contributed by atoms with Gasteiger partial charge in [0.25, 0.3) is 0 Å². The summed E-state index contributed by atoms with van der Waals surface area (Å²) in [6, 6.07) is 27.0. The first-order valence-corrected chi connectivity index (χ1v) is 17.1. The second-order valence-electron chi connectivity index (χ2n) is 12.3. The predicted octanol–water partition coefficient (Wildman–Crippen LogP) is 7.12. The molecule has 1 N–H and O–H groups in total. The molecule has 1 aromatic heterocycles. The Morgan fingerprint density at radius 1 is 0.898 bits per heavy atom. The lowest BCUT2D eigenvalue weighted by atomic mass is 9.68. The van der Waals surface area contributed by atoms with Gasteiger partial charge in [-0.2, -0.15) is 4.80 Å². The minimum atomic E-state index is -0.858. The van der Waals surface area contributed by atoms with Gasteiger partial charge in [0, 0.05) is 23.2 Å². The molecular formula is C37H40Cl2N6O4. The number of hydrogen-bond acceptors (Lipinski definition) is 9. The molecule has 2 aliphatic rings. The number of dihydropyridines is 1. The van der Waals surface area contributed by atoms with Crippen LogP contribution in [0, 0.1) is 0 Å². The minimum absolute atomic E-state index is 0.00704. The number of carbonyl (C=O) groups is 1. The lowest BCUT2D eigenvalue weighted by Crippen LogP contribution is -2.44. The average Bonchev–Trinajstić information content (AvgIpc) is 3.55. The Morgan fingerprint density at radius 3 is 2.20 bits per heavy atom. The van der Waals surface area contributed by atoms with Gasteiger partial charge in [-0.15, -0.1) is 10.2 Å². The van der Waals surface area contributed by atoms with Crippen LogP contribution in [-0.2, 0) is 26.7 Å². The lowest BCUT2D eigenvalue weighted by Gasteiger charge is -2.43. The predicted molar refractivity (Wildman–Crippen MR) is 189 cm³/mol. The van der Waals surface area contributed by atoms with E-state index in [4.69, 9.17) is 37.4 Å². The second-order valence-corrected chi connectivity index (χ2v) is 13.1. The van der Waals surface area contributed by atoms with Gasteiger partial charge in [-0.1, -0.05) is 96.0 Å². The fourth-order valence-corrected chi connectivity index (χ4v) is 7.27. The van der Waals surface area contributed by atoms with Crippen LogP contribution in [-0.4, -0.2) is 70.7 Å². The summed E-state index contributed by atoms with van der Waals surface area (Å²) in [5.74, 6) is 0.0197. The van der Waals surface area contributed by atoms with Crippen molar-refractivity contribution in [2.75, 3.05) is 39.5 Å². The molecule has 2 aliphatic heterocycles. The van der Waals surface area contributed by atoms with Gasteiger partial charge in [0.1, 0.15) is 12.4 Å². The summed E-state index contributed by atoms with van der Waals surface area (Å²) in [5, 5.41) is 16.6. The normalized spacial score (nSPS) is 17.9. The molecule has 1 fully saturated rings. The van der Waals surface area contributed by atoms with Gasteiger partial charge in [0.05, 0.1) is 41.9 Å². The molecule has 12 heteroatoms. The molecular weight excluding hydrogens is 663 g/mol. The molecule has 3 aromatic carbocycles. The van der Waals surface area contributed by atoms with Gasteiger partial charge in [0.15, 0.2) is 0 Å². The van der Waals surface area contributed by atoms with Crippen molar-refractivity contribution < 1.29 is 19.0 Å². The van der Waals surface area contributed by atoms with Crippen molar-refractivity contribution in [1.82, 2.24) is 30.4 Å². The van der Waals surface area contributed by atoms with Gasteiger partial charge in [-0.05, 0) is 67.7 Å². The first-order valence-electron chi connectivity index (χ1n) is 16.4. The van der Waals surface area contributed by atoms with Gasteiger partial charge in [-0.25, -0.2) is 4.79 Å². The van der Waals surface area contributed by atoms with Gasteiger partial charge in [0.2, 0.25) is 5.82 Å². The van der Waals surface area contributed by atoms with Crippen LogP contribution in [0.2, 0.25) is 10.0 Å². The monoisotopic (exact) mass is 702 g/mol. The molecule has 0 radical (unpaired) electrons. The van der Waals surface area contributed by atoms with Gasteiger partial charge >= 0.3 is 6.16 Å². The number of nitrogens with zero attached hydrogens (tertiary/aromatic N) is 5. The highest BCUT2D eigenvalue weighted by atomic mass is 35.5. The lowest BCUT2D eigenvalue weighted by molar-refractivity contribution is 0.0300. The van der Waals surface area contributed by atoms with E-state index >= 15 is 0 Å². The smallest absolute Gasteiger partial charge is 0.432 e. The van der Waals surface area contributed by atoms with E-state index in [1.165, 1.54) is 15.9 Å². The number of piperidine rings is 1. The first kappa shape index (κ1) is 34.6. The number of rotatable bonds is 11. The van der Waals surface area contributed by atoms with Gasteiger partial charge in [-0.3, -0.25) is 0 Å². The molecule has 3 heterocycles. The molecule has 4 aromatic rings. The van der Waals surface area contributed by atoms with E-state index in [0.717, 1.165) is 38.2 Å². The second kappa shape index (κ2) is 15.6. The third-order valence-electron chi connectivity index (χ3n) is 9.30. The Kier molecular flexibility index (Phi) is 11.0. The molecule has 6 rings (SSSR count). The van der Waals surface area contributed by atoms with Crippen LogP contribution < -0.4 is 5.32 Å². The quantitative estimate of drug-likeness (QED) is 0.129. The Hall–Kier alpha value is -4.22. The van der Waals surface area contributed by atoms with Crippen molar-refractivity contribution in [1.29, 1.82) is 0 Å². The zero-order valence-corrected chi connectivity index (χ0v) is 29.4. The van der Waals surface area contributed by atoms with Crippen LogP contribution >= 0.6 is 23.2 Å². The third kappa shape index (κ3) is 7.68. The summed E-state index contributed by atoms with van der Waals surface area (Å²) in [7, 11) is 1.68. The molecule has 0 amide bonds. The van der Waals surface area contributed by atoms with Crippen LogP contribution in [0.1, 0.15) is 55.1 Å². The van der Waals surface area contributed by atoms with E-state index < -0.39 is 12.1 Å². The van der Waals surface area contributed by atoms with Crippen LogP contribution in [0.3, 0.4) is 0 Å². The largest absolute Gasteiger partial charge is 0.513 e. The number of aryl methyl sites for hydroxylation is 1. The number of benzene rings is 3. The maximum absolute atomic E-state index is 13.0. The van der Waals surface area contributed by atoms with Crippen molar-refractivity contribution in [3.05, 3.63) is 129 Å². The zero-order valence-electron chi connectivity index (χ0n) is 27.9. The highest BCUT2D eigenvalue weighted by Crippen LogP contribution is 2.46. The van der Waals surface area contributed by atoms with E-state index in [9.17, 15) is 4.79 Å². The van der Waals surface area contributed by atoms with Crippen molar-refractivity contribution >= 4 is 34.9 Å². The molecule has 10 nitrogen and oxygen atoms in total. The number of hydrogen-bond donors (Lipinski definition) is 1. The number of ether oxygens (including phenoxy) is 3. The van der Waals surface area contributed by atoms with Crippen LogP contribution in [0.25, 0.3) is 5.57 Å². The topological polar surface area (TPSA) is 104 Å². The molecule has 256 valence electrons. The number of nitrogens with one attached hydrogen (secondary N) is 1. The number of allylic oxidation sites excluding steroid dienone is 3. The van der Waals surface area contributed by atoms with Crippen LogP contribution in [0.4, 0.5) is 4.79 Å². The average molecular weight is 704 g/mol. The Morgan fingerprint density at radius 2 is 1.57 bits per heavy atom. The van der Waals surface area contributed by atoms with E-state index in [1.54, 1.807) is 19.2 Å². The Bertz CT molecular complexity index is 1780. The van der Waals surface area contributed by atoms with Crippen molar-refractivity contribution in [3.63, 3.8) is 0 Å². The van der Waals surface area contributed by atoms with Crippen molar-refractivity contribution in [2.45, 2.75) is 38.0 Å². The molecule has 49 heavy (non-hydrogen) atoms. The zero-order chi connectivity index (χ0) is 34.4. The third-order valence-corrected chi connectivity index (χ3v) is 10.1. The summed E-state index contributed by atoms with van der Waals surface area (Å²) in [6.07, 6.45) is 1.21. The molecule has 0 spiro atoms. The van der Waals surface area contributed by atoms with E-state index in [-0.39, 0.29) is 18.6 Å². The molecule has 1 unspecified atom stereocenters. The van der Waals surface area contributed by atoms with Crippen LogP contribution in [0.5, 0.6) is 0 Å². The number of aromatic nitrogens is 4. The summed E-state index contributed by atoms with van der Waals surface area (Å²) >= 11 is 13.1. The highest BCUT2D eigenvalue weighted by molar-refractivity contribution is 6.42. The van der Waals surface area contributed by atoms with E-state index in [0.29, 0.717) is 45.1 Å². The molecule has 0 bridgehead atoms. The fourth-order valence-electron chi connectivity index (χ4n) is 6.85. The van der Waals surface area contributed by atoms with Crippen LogP contribution in [0.15, 0.2) is 96.0 Å². The number of likely N-dealkylation sites (tertiary alicyclic amines) is 1. The molecule has 0 saturated carbocycles.